The van der Waals surface area contributed by atoms with Crippen molar-refractivity contribution in [3.8, 4) is 0 Å². The van der Waals surface area contributed by atoms with Gasteiger partial charge in [0.2, 0.25) is 0 Å². The van der Waals surface area contributed by atoms with Crippen molar-refractivity contribution in [1.82, 2.24) is 24.7 Å². The molecule has 2 aromatic rings. The summed E-state index contributed by atoms with van der Waals surface area (Å²) in [5, 5.41) is 3.23. The second-order valence-electron chi connectivity index (χ2n) is 7.88. The number of nitrogens with one attached hydrogen (secondary N) is 1. The standard InChI is InChI=1S/C20H30N6O/c1-24-18-8-7-15(21)13-17(18)23-19(24)14-25-9-11-26(12-10-25)20(27)22-16-5-3-2-4-6-16/h7-8,13,16H,2-6,9-12,14,21H2,1H3,(H,22,27). The smallest absolute Gasteiger partial charge is 0.317 e. The van der Waals surface area contributed by atoms with E-state index in [0.29, 0.717) is 6.04 Å². The first-order valence-corrected chi connectivity index (χ1v) is 10.1. The van der Waals surface area contributed by atoms with Crippen molar-refractivity contribution in [1.29, 1.82) is 0 Å². The molecule has 0 bridgehead atoms. The van der Waals surface area contributed by atoms with Gasteiger partial charge in [0.1, 0.15) is 5.82 Å². The number of aryl methyl sites for hydroxylation is 1. The van der Waals surface area contributed by atoms with E-state index in [9.17, 15) is 4.79 Å². The number of nitrogens with two attached hydrogens (primary N) is 1. The van der Waals surface area contributed by atoms with E-state index in [1.165, 1.54) is 19.3 Å². The third-order valence-corrected chi connectivity index (χ3v) is 5.95. The maximum atomic E-state index is 12.5. The van der Waals surface area contributed by atoms with Gasteiger partial charge in [-0.1, -0.05) is 19.3 Å². The van der Waals surface area contributed by atoms with E-state index in [-0.39, 0.29) is 6.03 Å². The Bertz CT molecular complexity index is 802. The van der Waals surface area contributed by atoms with E-state index in [2.05, 4.69) is 21.8 Å². The van der Waals surface area contributed by atoms with E-state index >= 15 is 0 Å². The number of hydrogen-bond acceptors (Lipinski definition) is 4. The van der Waals surface area contributed by atoms with Crippen LogP contribution in [-0.4, -0.2) is 57.6 Å². The summed E-state index contributed by atoms with van der Waals surface area (Å²) in [6.07, 6.45) is 6.04. The van der Waals surface area contributed by atoms with Crippen molar-refractivity contribution in [2.45, 2.75) is 44.7 Å². The molecule has 27 heavy (non-hydrogen) atoms. The number of carbonyl (C=O) groups is 1. The normalized spacial score (nSPS) is 19.5. The second-order valence-corrected chi connectivity index (χ2v) is 7.88. The number of fused-ring (bicyclic) bond motifs is 1. The van der Waals surface area contributed by atoms with Crippen LogP contribution in [0.2, 0.25) is 0 Å². The highest BCUT2D eigenvalue weighted by molar-refractivity contribution is 5.79. The molecule has 1 aromatic heterocycles. The van der Waals surface area contributed by atoms with E-state index in [0.717, 1.165) is 68.1 Å². The third kappa shape index (κ3) is 4.03. The van der Waals surface area contributed by atoms with Crippen molar-refractivity contribution in [2.24, 2.45) is 7.05 Å². The van der Waals surface area contributed by atoms with Gasteiger partial charge in [-0.05, 0) is 31.0 Å². The van der Waals surface area contributed by atoms with Gasteiger partial charge in [0.05, 0.1) is 17.6 Å². The predicted molar refractivity (Wildman–Crippen MR) is 107 cm³/mol. The van der Waals surface area contributed by atoms with Crippen LogP contribution in [-0.2, 0) is 13.6 Å². The van der Waals surface area contributed by atoms with Crippen LogP contribution in [0.3, 0.4) is 0 Å². The van der Waals surface area contributed by atoms with Gasteiger partial charge >= 0.3 is 6.03 Å². The zero-order valence-electron chi connectivity index (χ0n) is 16.2. The van der Waals surface area contributed by atoms with Gasteiger partial charge in [-0.2, -0.15) is 0 Å². The van der Waals surface area contributed by atoms with Crippen molar-refractivity contribution in [3.63, 3.8) is 0 Å². The van der Waals surface area contributed by atoms with Crippen LogP contribution in [0.25, 0.3) is 11.0 Å². The van der Waals surface area contributed by atoms with Gasteiger partial charge in [0.15, 0.2) is 0 Å². The number of benzene rings is 1. The fourth-order valence-electron chi connectivity index (χ4n) is 4.23. The lowest BCUT2D eigenvalue weighted by molar-refractivity contribution is 0.129. The number of urea groups is 1. The number of carbonyl (C=O) groups excluding carboxylic acids is 1. The lowest BCUT2D eigenvalue weighted by atomic mass is 9.96. The first-order valence-electron chi connectivity index (χ1n) is 10.1. The first-order chi connectivity index (χ1) is 13.1. The number of hydrogen-bond donors (Lipinski definition) is 2. The van der Waals surface area contributed by atoms with Gasteiger partial charge < -0.3 is 20.5 Å². The Kier molecular flexibility index (Phi) is 5.20. The molecule has 0 unspecified atom stereocenters. The van der Waals surface area contributed by atoms with Crippen LogP contribution in [0, 0.1) is 0 Å². The lowest BCUT2D eigenvalue weighted by Crippen LogP contribution is -2.53. The highest BCUT2D eigenvalue weighted by Gasteiger charge is 2.24. The van der Waals surface area contributed by atoms with Crippen LogP contribution in [0.15, 0.2) is 18.2 Å². The lowest BCUT2D eigenvalue weighted by Gasteiger charge is -2.35. The number of rotatable bonds is 3. The van der Waals surface area contributed by atoms with E-state index in [1.807, 2.05) is 23.1 Å². The Morgan fingerprint density at radius 2 is 1.93 bits per heavy atom. The molecule has 2 aliphatic rings. The van der Waals surface area contributed by atoms with Crippen molar-refractivity contribution in [3.05, 3.63) is 24.0 Å². The monoisotopic (exact) mass is 370 g/mol. The summed E-state index contributed by atoms with van der Waals surface area (Å²) in [4.78, 5) is 21.6. The molecule has 0 atom stereocenters. The molecule has 2 fully saturated rings. The number of aromatic nitrogens is 2. The number of anilines is 1. The molecule has 1 aliphatic carbocycles. The average molecular weight is 371 g/mol. The molecular weight excluding hydrogens is 340 g/mol. The summed E-state index contributed by atoms with van der Waals surface area (Å²) >= 11 is 0. The fraction of sp³-hybridized carbons (Fsp3) is 0.600. The van der Waals surface area contributed by atoms with Crippen LogP contribution in [0.4, 0.5) is 10.5 Å². The van der Waals surface area contributed by atoms with Crippen molar-refractivity contribution >= 4 is 22.8 Å². The molecule has 1 aliphatic heterocycles. The maximum absolute atomic E-state index is 12.5. The molecule has 146 valence electrons. The van der Waals surface area contributed by atoms with Crippen LogP contribution in [0.5, 0.6) is 0 Å². The number of nitrogen functional groups attached to an aromatic ring is 1. The molecule has 4 rings (SSSR count). The number of amides is 2. The quantitative estimate of drug-likeness (QED) is 0.813. The summed E-state index contributed by atoms with van der Waals surface area (Å²) in [7, 11) is 2.05. The van der Waals surface area contributed by atoms with Crippen molar-refractivity contribution in [2.75, 3.05) is 31.9 Å². The molecular formula is C20H30N6O. The molecule has 7 heteroatoms. The molecule has 1 saturated carbocycles. The summed E-state index contributed by atoms with van der Waals surface area (Å²) < 4.78 is 2.14. The van der Waals surface area contributed by atoms with Crippen LogP contribution < -0.4 is 11.1 Å². The minimum Gasteiger partial charge on any atom is -0.399 e. The van der Waals surface area contributed by atoms with Gasteiger partial charge in [-0.25, -0.2) is 9.78 Å². The van der Waals surface area contributed by atoms with E-state index < -0.39 is 0 Å². The van der Waals surface area contributed by atoms with Gasteiger partial charge in [-0.15, -0.1) is 0 Å². The highest BCUT2D eigenvalue weighted by atomic mass is 16.2. The molecule has 0 radical (unpaired) electrons. The molecule has 1 aromatic carbocycles. The zero-order chi connectivity index (χ0) is 18.8. The molecule has 0 spiro atoms. The topological polar surface area (TPSA) is 79.4 Å². The average Bonchev–Trinajstić information content (AvgIpc) is 2.98. The first kappa shape index (κ1) is 18.1. The van der Waals surface area contributed by atoms with Crippen LogP contribution in [0.1, 0.15) is 37.9 Å². The zero-order valence-corrected chi connectivity index (χ0v) is 16.2. The largest absolute Gasteiger partial charge is 0.399 e. The second kappa shape index (κ2) is 7.76. The highest BCUT2D eigenvalue weighted by Crippen LogP contribution is 2.20. The minimum absolute atomic E-state index is 0.111. The van der Waals surface area contributed by atoms with E-state index in [1.54, 1.807) is 0 Å². The van der Waals surface area contributed by atoms with Gasteiger partial charge in [0, 0.05) is 45.0 Å². The number of nitrogens with zero attached hydrogens (tertiary/aromatic N) is 4. The van der Waals surface area contributed by atoms with Crippen LogP contribution >= 0.6 is 0 Å². The van der Waals surface area contributed by atoms with Gasteiger partial charge in [-0.3, -0.25) is 4.90 Å². The Morgan fingerprint density at radius 3 is 2.67 bits per heavy atom. The molecule has 7 nitrogen and oxygen atoms in total. The molecule has 3 N–H and O–H groups in total. The Balaban J connectivity index is 1.31. The summed E-state index contributed by atoms with van der Waals surface area (Å²) in [6.45, 7) is 4.10. The SMILES string of the molecule is Cn1c(CN2CCN(C(=O)NC3CCCCC3)CC2)nc2cc(N)ccc21. The Morgan fingerprint density at radius 1 is 1.19 bits per heavy atom. The molecule has 2 heterocycles. The fourth-order valence-corrected chi connectivity index (χ4v) is 4.23. The van der Waals surface area contributed by atoms with Crippen molar-refractivity contribution < 1.29 is 4.79 Å². The minimum atomic E-state index is 0.111. The molecule has 2 amide bonds. The number of imidazole rings is 1. The molecule has 1 saturated heterocycles. The van der Waals surface area contributed by atoms with Gasteiger partial charge in [0.25, 0.3) is 0 Å². The third-order valence-electron chi connectivity index (χ3n) is 5.95. The summed E-state index contributed by atoms with van der Waals surface area (Å²) in [5.41, 5.74) is 8.66. The Labute approximate surface area is 160 Å². The Hall–Kier alpha value is -2.28. The number of piperazine rings is 1. The van der Waals surface area contributed by atoms with E-state index in [4.69, 9.17) is 10.7 Å². The predicted octanol–water partition coefficient (Wildman–Crippen LogP) is 2.32. The summed E-state index contributed by atoms with van der Waals surface area (Å²) in [6, 6.07) is 6.34. The maximum Gasteiger partial charge on any atom is 0.317 e. The summed E-state index contributed by atoms with van der Waals surface area (Å²) in [5.74, 6) is 1.04.